The molecule has 2 aliphatic heterocycles. The van der Waals surface area contributed by atoms with Gasteiger partial charge in [-0.05, 0) is 66.1 Å². The Morgan fingerprint density at radius 3 is 2.57 bits per heavy atom. The molecule has 1 aliphatic carbocycles. The second-order valence-corrected chi connectivity index (χ2v) is 10.3. The predicted molar refractivity (Wildman–Crippen MR) is 138 cm³/mol. The van der Waals surface area contributed by atoms with E-state index in [0.717, 1.165) is 55.1 Å². The van der Waals surface area contributed by atoms with Crippen LogP contribution in [-0.2, 0) is 35.6 Å². The summed E-state index contributed by atoms with van der Waals surface area (Å²) < 4.78 is 0. The van der Waals surface area contributed by atoms with Crippen molar-refractivity contribution in [3.05, 3.63) is 76.4 Å². The number of benzene rings is 2. The van der Waals surface area contributed by atoms with Crippen LogP contribution in [-0.4, -0.2) is 46.8 Å². The fourth-order valence-electron chi connectivity index (χ4n) is 5.27. The molecule has 35 heavy (non-hydrogen) atoms. The second kappa shape index (κ2) is 10.5. The van der Waals surface area contributed by atoms with Crippen molar-refractivity contribution >= 4 is 28.4 Å². The summed E-state index contributed by atoms with van der Waals surface area (Å²) in [5, 5.41) is 3.75. The van der Waals surface area contributed by atoms with Crippen LogP contribution in [0.2, 0.25) is 0 Å². The van der Waals surface area contributed by atoms with Gasteiger partial charge in [0.05, 0.1) is 6.04 Å². The Kier molecular flexibility index (Phi) is 7.23. The van der Waals surface area contributed by atoms with Crippen molar-refractivity contribution < 1.29 is 9.59 Å². The smallest absolute Gasteiger partial charge is 0.243 e. The molecular formula is C28H33ClN4O2. The lowest BCUT2D eigenvalue weighted by atomic mass is 9.98. The number of allylic oxidation sites excluding steroid dienone is 1. The van der Waals surface area contributed by atoms with E-state index in [1.54, 1.807) is 4.90 Å². The second-order valence-electron chi connectivity index (χ2n) is 9.88. The lowest BCUT2D eigenvalue weighted by Gasteiger charge is -2.41. The number of nitrogens with zero attached hydrogens (tertiary/aromatic N) is 2. The van der Waals surface area contributed by atoms with Gasteiger partial charge < -0.3 is 16.0 Å². The number of carbonyl (C=O) groups is 2. The van der Waals surface area contributed by atoms with Crippen LogP contribution >= 0.6 is 11.6 Å². The van der Waals surface area contributed by atoms with Crippen LogP contribution in [0.15, 0.2) is 48.5 Å². The third-order valence-corrected chi connectivity index (χ3v) is 7.83. The lowest BCUT2D eigenvalue weighted by Crippen LogP contribution is -2.61. The van der Waals surface area contributed by atoms with E-state index in [4.69, 9.17) is 17.3 Å². The molecule has 7 heteroatoms. The van der Waals surface area contributed by atoms with Gasteiger partial charge in [-0.1, -0.05) is 60.5 Å². The van der Waals surface area contributed by atoms with Crippen LogP contribution < -0.4 is 11.1 Å². The maximum Gasteiger partial charge on any atom is 0.243 e. The minimum atomic E-state index is -0.549. The molecule has 2 amide bonds. The summed E-state index contributed by atoms with van der Waals surface area (Å²) in [5.74, 6) is -0.230. The van der Waals surface area contributed by atoms with Crippen LogP contribution in [0, 0.1) is 0 Å². The highest BCUT2D eigenvalue weighted by atomic mass is 35.5. The molecule has 2 aromatic rings. The van der Waals surface area contributed by atoms with Gasteiger partial charge in [-0.3, -0.25) is 14.5 Å². The summed E-state index contributed by atoms with van der Waals surface area (Å²) in [6.07, 6.45) is 6.10. The van der Waals surface area contributed by atoms with Crippen LogP contribution in [0.4, 0.5) is 0 Å². The number of carbonyl (C=O) groups excluding carboxylic acids is 2. The van der Waals surface area contributed by atoms with Crippen molar-refractivity contribution in [2.75, 3.05) is 13.1 Å². The van der Waals surface area contributed by atoms with Gasteiger partial charge in [0.2, 0.25) is 11.8 Å². The van der Waals surface area contributed by atoms with Crippen LogP contribution in [0.1, 0.15) is 53.5 Å². The van der Waals surface area contributed by atoms with Gasteiger partial charge in [0.25, 0.3) is 0 Å². The Morgan fingerprint density at radius 1 is 1.09 bits per heavy atom. The fourth-order valence-corrected chi connectivity index (χ4v) is 5.53. The first-order valence-corrected chi connectivity index (χ1v) is 13.0. The number of amides is 2. The summed E-state index contributed by atoms with van der Waals surface area (Å²) in [4.78, 5) is 29.7. The zero-order valence-corrected chi connectivity index (χ0v) is 20.8. The van der Waals surface area contributed by atoms with E-state index < -0.39 is 12.1 Å². The van der Waals surface area contributed by atoms with Gasteiger partial charge in [-0.15, -0.1) is 0 Å². The van der Waals surface area contributed by atoms with Gasteiger partial charge in [0, 0.05) is 31.2 Å². The molecule has 0 bridgehead atoms. The van der Waals surface area contributed by atoms with E-state index >= 15 is 0 Å². The molecule has 2 aromatic carbocycles. The molecule has 0 saturated carbocycles. The van der Waals surface area contributed by atoms with Crippen molar-refractivity contribution in [2.24, 2.45) is 5.73 Å². The highest BCUT2D eigenvalue weighted by molar-refractivity contribution is 6.49. The van der Waals surface area contributed by atoms with Gasteiger partial charge in [-0.2, -0.15) is 0 Å². The largest absolute Gasteiger partial charge is 0.350 e. The van der Waals surface area contributed by atoms with Gasteiger partial charge >= 0.3 is 0 Å². The lowest BCUT2D eigenvalue weighted by molar-refractivity contribution is -0.148. The average Bonchev–Trinajstić information content (AvgIpc) is 3.42. The van der Waals surface area contributed by atoms with Crippen molar-refractivity contribution in [1.82, 2.24) is 15.1 Å². The number of nitrogens with two attached hydrogens (primary N) is 1. The maximum atomic E-state index is 12.9. The molecule has 3 N–H and O–H groups in total. The minimum Gasteiger partial charge on any atom is -0.350 e. The summed E-state index contributed by atoms with van der Waals surface area (Å²) in [6, 6.07) is 13.7. The van der Waals surface area contributed by atoms with Gasteiger partial charge in [0.1, 0.15) is 6.04 Å². The quantitative estimate of drug-likeness (QED) is 0.525. The molecule has 0 radical (unpaired) electrons. The number of fused-ring (bicyclic) bond motifs is 2. The van der Waals surface area contributed by atoms with Gasteiger partial charge in [-0.25, -0.2) is 0 Å². The monoisotopic (exact) mass is 492 g/mol. The zero-order chi connectivity index (χ0) is 24.4. The Balaban J connectivity index is 1.03. The normalized spacial score (nSPS) is 19.5. The molecule has 0 spiro atoms. The van der Waals surface area contributed by atoms with E-state index in [-0.39, 0.29) is 11.8 Å². The van der Waals surface area contributed by atoms with Crippen molar-refractivity contribution in [1.29, 1.82) is 0 Å². The Hall–Kier alpha value is -2.67. The molecule has 2 atom stereocenters. The fraction of sp³-hybridized carbons (Fsp3) is 0.429. The van der Waals surface area contributed by atoms with Crippen LogP contribution in [0.3, 0.4) is 0 Å². The molecule has 6 nitrogen and oxygen atoms in total. The zero-order valence-electron chi connectivity index (χ0n) is 20.0. The van der Waals surface area contributed by atoms with Crippen LogP contribution in [0.5, 0.6) is 0 Å². The predicted octanol–water partition coefficient (Wildman–Crippen LogP) is 3.55. The highest BCUT2D eigenvalue weighted by Gasteiger charge is 2.39. The Labute approximate surface area is 212 Å². The topological polar surface area (TPSA) is 78.7 Å². The van der Waals surface area contributed by atoms with E-state index in [9.17, 15) is 9.59 Å². The molecule has 1 fully saturated rings. The van der Waals surface area contributed by atoms with Crippen molar-refractivity contribution in [3.8, 4) is 0 Å². The van der Waals surface area contributed by atoms with E-state index in [2.05, 4.69) is 40.5 Å². The minimum absolute atomic E-state index is 0.112. The average molecular weight is 493 g/mol. The Morgan fingerprint density at radius 2 is 1.86 bits per heavy atom. The molecule has 3 aliphatic rings. The number of rotatable bonds is 9. The number of halogens is 1. The molecule has 5 rings (SSSR count). The standard InChI is InChI=1S/C28H33ClN4O2/c29-24-11-10-20-9-8-19(15-23(20)24)16-31-27(34)26-12-14-33(26)28(35)25(30)7-3-4-13-32-17-21-5-1-2-6-22(21)18-32/h1-2,5-6,8-9,11,15,25-26H,3-4,7,10,12-14,16-18,30H2,(H,31,34)/t25-,26+/m1/s1. The van der Waals surface area contributed by atoms with E-state index in [1.807, 2.05) is 18.2 Å². The molecule has 1 saturated heterocycles. The summed E-state index contributed by atoms with van der Waals surface area (Å²) >= 11 is 6.26. The number of likely N-dealkylation sites (tertiary alicyclic amines) is 1. The van der Waals surface area contributed by atoms with Crippen molar-refractivity contribution in [3.63, 3.8) is 0 Å². The van der Waals surface area contributed by atoms with Gasteiger partial charge in [0.15, 0.2) is 0 Å². The first-order valence-electron chi connectivity index (χ1n) is 12.6. The molecule has 184 valence electrons. The highest BCUT2D eigenvalue weighted by Crippen LogP contribution is 2.31. The van der Waals surface area contributed by atoms with E-state index in [1.165, 1.54) is 16.7 Å². The third kappa shape index (κ3) is 5.30. The van der Waals surface area contributed by atoms with E-state index in [0.29, 0.717) is 25.9 Å². The molecule has 2 heterocycles. The summed E-state index contributed by atoms with van der Waals surface area (Å²) in [5.41, 5.74) is 12.3. The molecule has 0 aromatic heterocycles. The number of hydrogen-bond donors (Lipinski definition) is 2. The first-order chi connectivity index (χ1) is 17.0. The molecule has 0 unspecified atom stereocenters. The SMILES string of the molecule is N[C@H](CCCCN1Cc2ccccc2C1)C(=O)N1CC[C@H]1C(=O)NCc1ccc2c(c1)C(Cl)=CC2. The number of unbranched alkanes of at least 4 members (excludes halogenated alkanes) is 1. The number of nitrogens with one attached hydrogen (secondary N) is 1. The Bertz CT molecular complexity index is 1120. The first kappa shape index (κ1) is 24.0. The number of hydrogen-bond acceptors (Lipinski definition) is 4. The maximum absolute atomic E-state index is 12.9. The molecular weight excluding hydrogens is 460 g/mol. The summed E-state index contributed by atoms with van der Waals surface area (Å²) in [6.45, 7) is 4.02. The van der Waals surface area contributed by atoms with Crippen LogP contribution in [0.25, 0.3) is 5.03 Å². The third-order valence-electron chi connectivity index (χ3n) is 7.47. The summed E-state index contributed by atoms with van der Waals surface area (Å²) in [7, 11) is 0. The van der Waals surface area contributed by atoms with Crippen molar-refractivity contribution in [2.45, 2.75) is 63.8 Å².